The molecule has 0 spiro atoms. The number of nitrogens with two attached hydrogens (primary N) is 1. The third kappa shape index (κ3) is 2.96. The summed E-state index contributed by atoms with van der Waals surface area (Å²) >= 11 is 0. The van der Waals surface area contributed by atoms with Crippen LogP contribution in [0.15, 0.2) is 12.1 Å². The zero-order valence-electron chi connectivity index (χ0n) is 14.3. The fourth-order valence-corrected chi connectivity index (χ4v) is 2.59. The van der Waals surface area contributed by atoms with Crippen molar-refractivity contribution in [2.24, 2.45) is 0 Å². The summed E-state index contributed by atoms with van der Waals surface area (Å²) in [7, 11) is 0. The molecule has 0 radical (unpaired) electrons. The van der Waals surface area contributed by atoms with Gasteiger partial charge in [0, 0.05) is 24.2 Å². The van der Waals surface area contributed by atoms with Crippen LogP contribution in [-0.4, -0.2) is 26.1 Å². The fourth-order valence-electron chi connectivity index (χ4n) is 2.59. The fraction of sp³-hybridized carbons (Fsp3) is 0.294. The van der Waals surface area contributed by atoms with Crippen LogP contribution in [0.3, 0.4) is 0 Å². The van der Waals surface area contributed by atoms with Crippen LogP contribution in [0.25, 0.3) is 5.65 Å². The van der Waals surface area contributed by atoms with Gasteiger partial charge in [-0.2, -0.15) is 14.9 Å². The van der Waals surface area contributed by atoms with Crippen LogP contribution in [0.4, 0.5) is 16.0 Å². The van der Waals surface area contributed by atoms with Crippen molar-refractivity contribution in [3.8, 4) is 6.07 Å². The number of fused-ring (bicyclic) bond motifs is 1. The van der Waals surface area contributed by atoms with E-state index < -0.39 is 0 Å². The summed E-state index contributed by atoms with van der Waals surface area (Å²) in [4.78, 5) is 8.66. The molecular weight excluding hydrogens is 321 g/mol. The van der Waals surface area contributed by atoms with E-state index >= 15 is 0 Å². The molecule has 0 aliphatic carbocycles. The van der Waals surface area contributed by atoms with Crippen LogP contribution in [0.5, 0.6) is 0 Å². The Labute approximate surface area is 144 Å². The van der Waals surface area contributed by atoms with Crippen molar-refractivity contribution in [3.63, 3.8) is 0 Å². The molecular formula is C17H18FN7. The maximum atomic E-state index is 13.8. The number of rotatable bonds is 4. The number of nitrogen functional groups attached to an aromatic ring is 1. The second kappa shape index (κ2) is 6.36. The SMILES string of the molecule is Cc1ccc(F)c(CCNc2nc3c(C)c(C)nn3c(N)c2C#N)n1. The van der Waals surface area contributed by atoms with E-state index in [1.54, 1.807) is 6.07 Å². The highest BCUT2D eigenvalue weighted by Crippen LogP contribution is 2.24. The average Bonchev–Trinajstić information content (AvgIpc) is 2.87. The van der Waals surface area contributed by atoms with Gasteiger partial charge in [0.05, 0.1) is 11.4 Å². The molecule has 0 saturated carbocycles. The van der Waals surface area contributed by atoms with Crippen LogP contribution in [0, 0.1) is 37.9 Å². The lowest BCUT2D eigenvalue weighted by Crippen LogP contribution is -2.13. The monoisotopic (exact) mass is 339 g/mol. The van der Waals surface area contributed by atoms with Crippen LogP contribution < -0.4 is 11.1 Å². The molecule has 3 aromatic rings. The number of aryl methyl sites for hydroxylation is 3. The quantitative estimate of drug-likeness (QED) is 0.755. The lowest BCUT2D eigenvalue weighted by molar-refractivity contribution is 0.598. The van der Waals surface area contributed by atoms with Gasteiger partial charge in [-0.3, -0.25) is 4.98 Å². The molecule has 0 aliphatic heterocycles. The third-order valence-corrected chi connectivity index (χ3v) is 4.09. The Morgan fingerprint density at radius 3 is 2.76 bits per heavy atom. The second-order valence-electron chi connectivity index (χ2n) is 5.84. The molecule has 0 fully saturated rings. The van der Waals surface area contributed by atoms with E-state index in [0.717, 1.165) is 17.0 Å². The van der Waals surface area contributed by atoms with Crippen molar-refractivity contribution in [3.05, 3.63) is 46.2 Å². The van der Waals surface area contributed by atoms with Gasteiger partial charge in [-0.05, 0) is 32.9 Å². The number of anilines is 2. The first-order valence-corrected chi connectivity index (χ1v) is 7.83. The minimum Gasteiger partial charge on any atom is -0.382 e. The van der Waals surface area contributed by atoms with E-state index in [1.165, 1.54) is 10.6 Å². The molecule has 25 heavy (non-hydrogen) atoms. The Balaban J connectivity index is 1.89. The van der Waals surface area contributed by atoms with Gasteiger partial charge >= 0.3 is 0 Å². The molecule has 0 atom stereocenters. The van der Waals surface area contributed by atoms with E-state index in [4.69, 9.17) is 5.73 Å². The number of nitriles is 1. The molecule has 8 heteroatoms. The minimum atomic E-state index is -0.349. The largest absolute Gasteiger partial charge is 0.382 e. The van der Waals surface area contributed by atoms with Crippen molar-refractivity contribution in [1.29, 1.82) is 5.26 Å². The van der Waals surface area contributed by atoms with Crippen molar-refractivity contribution in [1.82, 2.24) is 19.6 Å². The van der Waals surface area contributed by atoms with Crippen molar-refractivity contribution in [2.75, 3.05) is 17.6 Å². The molecule has 7 nitrogen and oxygen atoms in total. The van der Waals surface area contributed by atoms with E-state index in [1.807, 2.05) is 20.8 Å². The molecule has 3 rings (SSSR count). The normalized spacial score (nSPS) is 10.8. The summed E-state index contributed by atoms with van der Waals surface area (Å²) in [5.41, 5.74) is 9.69. The smallest absolute Gasteiger partial charge is 0.162 e. The standard InChI is InChI=1S/C17H18FN7/c1-9-4-5-13(18)14(22-9)6-7-21-16-12(8-19)15(20)25-17(23-16)10(2)11(3)24-25/h4-5H,6-7,20H2,1-3H3,(H,21,23). The minimum absolute atomic E-state index is 0.215. The molecule has 3 aromatic heterocycles. The number of pyridine rings is 1. The third-order valence-electron chi connectivity index (χ3n) is 4.09. The topological polar surface area (TPSA) is 105 Å². The summed E-state index contributed by atoms with van der Waals surface area (Å²) in [5.74, 6) is 0.243. The molecule has 3 heterocycles. The van der Waals surface area contributed by atoms with E-state index in [2.05, 4.69) is 26.5 Å². The van der Waals surface area contributed by atoms with Crippen LogP contribution in [-0.2, 0) is 6.42 Å². The zero-order valence-corrected chi connectivity index (χ0v) is 14.3. The average molecular weight is 339 g/mol. The highest BCUT2D eigenvalue weighted by Gasteiger charge is 2.17. The summed E-state index contributed by atoms with van der Waals surface area (Å²) in [5, 5.41) is 16.8. The Bertz CT molecular complexity index is 1000. The Morgan fingerprint density at radius 1 is 1.28 bits per heavy atom. The number of halogens is 1. The van der Waals surface area contributed by atoms with Gasteiger partial charge in [-0.1, -0.05) is 0 Å². The number of nitrogens with one attached hydrogen (secondary N) is 1. The summed E-state index contributed by atoms with van der Waals surface area (Å²) in [6, 6.07) is 5.08. The highest BCUT2D eigenvalue weighted by molar-refractivity contribution is 5.69. The predicted molar refractivity (Wildman–Crippen MR) is 92.7 cm³/mol. The maximum absolute atomic E-state index is 13.8. The molecule has 0 aromatic carbocycles. The van der Waals surface area contributed by atoms with Gasteiger partial charge in [0.25, 0.3) is 0 Å². The lowest BCUT2D eigenvalue weighted by Gasteiger charge is -2.11. The Hall–Kier alpha value is -3.21. The van der Waals surface area contributed by atoms with Gasteiger partial charge in [0.15, 0.2) is 5.65 Å². The summed E-state index contributed by atoms with van der Waals surface area (Å²) < 4.78 is 15.2. The highest BCUT2D eigenvalue weighted by atomic mass is 19.1. The second-order valence-corrected chi connectivity index (χ2v) is 5.84. The van der Waals surface area contributed by atoms with Gasteiger partial charge in [-0.25, -0.2) is 9.37 Å². The number of aromatic nitrogens is 4. The van der Waals surface area contributed by atoms with Crippen molar-refractivity contribution < 1.29 is 4.39 Å². The van der Waals surface area contributed by atoms with Crippen molar-refractivity contribution in [2.45, 2.75) is 27.2 Å². The summed E-state index contributed by atoms with van der Waals surface area (Å²) in [6.45, 7) is 5.93. The van der Waals surface area contributed by atoms with E-state index in [0.29, 0.717) is 30.1 Å². The first-order chi connectivity index (χ1) is 11.9. The molecule has 0 saturated heterocycles. The Kier molecular flexibility index (Phi) is 4.23. The van der Waals surface area contributed by atoms with Crippen LogP contribution in [0.1, 0.15) is 28.2 Å². The molecule has 0 aliphatic rings. The van der Waals surface area contributed by atoms with Gasteiger partial charge in [-0.15, -0.1) is 0 Å². The van der Waals surface area contributed by atoms with Gasteiger partial charge in [0.1, 0.15) is 29.1 Å². The van der Waals surface area contributed by atoms with Crippen LogP contribution in [0.2, 0.25) is 0 Å². The molecule has 0 bridgehead atoms. The number of nitrogens with zero attached hydrogens (tertiary/aromatic N) is 5. The van der Waals surface area contributed by atoms with Gasteiger partial charge < -0.3 is 11.1 Å². The molecule has 128 valence electrons. The van der Waals surface area contributed by atoms with E-state index in [-0.39, 0.29) is 17.2 Å². The first-order valence-electron chi connectivity index (χ1n) is 7.83. The number of hydrogen-bond donors (Lipinski definition) is 2. The summed E-state index contributed by atoms with van der Waals surface area (Å²) in [6.07, 6.45) is 0.364. The maximum Gasteiger partial charge on any atom is 0.162 e. The van der Waals surface area contributed by atoms with Crippen molar-refractivity contribution >= 4 is 17.3 Å². The van der Waals surface area contributed by atoms with Crippen LogP contribution >= 0.6 is 0 Å². The number of hydrogen-bond acceptors (Lipinski definition) is 6. The predicted octanol–water partition coefficient (Wildman–Crippen LogP) is 2.30. The van der Waals surface area contributed by atoms with E-state index in [9.17, 15) is 9.65 Å². The first kappa shape index (κ1) is 16.6. The molecule has 0 unspecified atom stereocenters. The zero-order chi connectivity index (χ0) is 18.1. The lowest BCUT2D eigenvalue weighted by atomic mass is 10.2. The molecule has 0 amide bonds. The Morgan fingerprint density at radius 2 is 2.04 bits per heavy atom. The molecule has 3 N–H and O–H groups in total. The van der Waals surface area contributed by atoms with Gasteiger partial charge in [0.2, 0.25) is 0 Å².